The zero-order valence-corrected chi connectivity index (χ0v) is 28.9. The van der Waals surface area contributed by atoms with Crippen LogP contribution in [0.2, 0.25) is 0 Å². The van der Waals surface area contributed by atoms with Crippen molar-refractivity contribution in [3.63, 3.8) is 0 Å². The van der Waals surface area contributed by atoms with Gasteiger partial charge in [-0.3, -0.25) is 9.78 Å². The molecule has 0 spiro atoms. The Hall–Kier alpha value is -4.58. The number of hydrogen-bond acceptors (Lipinski definition) is 9. The third kappa shape index (κ3) is 8.05. The molecule has 248 valence electrons. The van der Waals surface area contributed by atoms with E-state index in [0.29, 0.717) is 23.6 Å². The molecule has 5 rings (SSSR count). The van der Waals surface area contributed by atoms with Crippen LogP contribution in [-0.2, 0) is 16.6 Å². The molecule has 12 heteroatoms. The Balaban J connectivity index is 1.65. The first-order valence-corrected chi connectivity index (χ1v) is 17.3. The fourth-order valence-electron chi connectivity index (χ4n) is 5.83. The Labute approximate surface area is 277 Å². The maximum absolute atomic E-state index is 14.4. The lowest BCUT2D eigenvalue weighted by molar-refractivity contribution is 0.0509. The molecule has 1 atom stereocenters. The quantitative estimate of drug-likeness (QED) is 0.253. The Bertz CT molecular complexity index is 1850. The highest BCUT2D eigenvalue weighted by atomic mass is 32.2. The second kappa shape index (κ2) is 13.6. The first-order chi connectivity index (χ1) is 22.2. The third-order valence-corrected chi connectivity index (χ3v) is 9.31. The van der Waals surface area contributed by atoms with E-state index in [1.807, 2.05) is 44.0 Å². The van der Waals surface area contributed by atoms with Crippen LogP contribution in [0.1, 0.15) is 67.7 Å². The molecule has 2 aromatic carbocycles. The normalized spacial score (nSPS) is 16.3. The third-order valence-electron chi connectivity index (χ3n) is 7.98. The fraction of sp³-hybridized carbons (Fsp3) is 0.400. The average molecular weight is 658 g/mol. The summed E-state index contributed by atoms with van der Waals surface area (Å²) in [6.07, 6.45) is 4.89. The van der Waals surface area contributed by atoms with E-state index < -0.39 is 16.1 Å². The molecule has 11 nitrogen and oxygen atoms in total. The predicted octanol–water partition coefficient (Wildman–Crippen LogP) is 6.04. The first-order valence-electron chi connectivity index (χ1n) is 15.8. The number of carbonyl (C=O) groups excluding carboxylic acids is 1. The van der Waals surface area contributed by atoms with Crippen molar-refractivity contribution in [2.75, 3.05) is 29.8 Å². The molecule has 2 aromatic heterocycles. The second-order valence-corrected chi connectivity index (χ2v) is 15.0. The standard InChI is InChI=1S/C35H43N7O4S/c1-8-15-41(7)30-20-36-19-26(37-30)21-42-27(18-35(4,5)6)22-46-31-17-29(32-23(2)11-9-12-24(32)3)38-34(39-31)40-47(44,45)28-14-10-13-25(16-28)33(42)43/h9-14,16-17,19-20,27H,8,15,18,21-22H2,1-7H3,(H,38,39,40)/t27-/m1/s1. The summed E-state index contributed by atoms with van der Waals surface area (Å²) in [6, 6.07) is 13.2. The van der Waals surface area contributed by atoms with E-state index in [-0.39, 0.29) is 46.8 Å². The summed E-state index contributed by atoms with van der Waals surface area (Å²) in [5.41, 5.74) is 3.98. The number of rotatable bonds is 7. The van der Waals surface area contributed by atoms with E-state index in [2.05, 4.69) is 47.4 Å². The summed E-state index contributed by atoms with van der Waals surface area (Å²) in [5, 5.41) is 0. The Morgan fingerprint density at radius 2 is 1.74 bits per heavy atom. The molecule has 0 saturated heterocycles. The van der Waals surface area contributed by atoms with E-state index >= 15 is 0 Å². The van der Waals surface area contributed by atoms with E-state index in [1.165, 1.54) is 12.1 Å². The van der Waals surface area contributed by atoms with Crippen LogP contribution in [0.5, 0.6) is 5.88 Å². The highest BCUT2D eigenvalue weighted by Crippen LogP contribution is 2.31. The van der Waals surface area contributed by atoms with Crippen LogP contribution in [0.25, 0.3) is 11.3 Å². The average Bonchev–Trinajstić information content (AvgIpc) is 3.01. The first kappa shape index (κ1) is 33.8. The molecule has 0 saturated carbocycles. The summed E-state index contributed by atoms with van der Waals surface area (Å²) in [5.74, 6) is 0.430. The van der Waals surface area contributed by atoms with Crippen LogP contribution in [-0.4, -0.2) is 65.4 Å². The van der Waals surface area contributed by atoms with Crippen molar-refractivity contribution in [1.29, 1.82) is 0 Å². The lowest BCUT2D eigenvalue weighted by Gasteiger charge is -2.35. The van der Waals surface area contributed by atoms with Crippen LogP contribution in [0.3, 0.4) is 0 Å². The molecule has 0 fully saturated rings. The minimum atomic E-state index is -4.17. The van der Waals surface area contributed by atoms with Gasteiger partial charge < -0.3 is 14.5 Å². The minimum absolute atomic E-state index is 0.0820. The Kier molecular flexibility index (Phi) is 9.81. The van der Waals surface area contributed by atoms with Crippen LogP contribution >= 0.6 is 0 Å². The number of nitrogens with one attached hydrogen (secondary N) is 1. The number of aryl methyl sites for hydroxylation is 2. The van der Waals surface area contributed by atoms with Gasteiger partial charge in [0, 0.05) is 30.8 Å². The van der Waals surface area contributed by atoms with E-state index in [4.69, 9.17) is 9.72 Å². The second-order valence-electron chi connectivity index (χ2n) is 13.3. The van der Waals surface area contributed by atoms with Gasteiger partial charge in [-0.2, -0.15) is 4.98 Å². The number of sulfonamides is 1. The van der Waals surface area contributed by atoms with Crippen molar-refractivity contribution in [1.82, 2.24) is 24.8 Å². The van der Waals surface area contributed by atoms with E-state index in [1.54, 1.807) is 35.5 Å². The molecular weight excluding hydrogens is 614 g/mol. The molecule has 4 bridgehead atoms. The van der Waals surface area contributed by atoms with Gasteiger partial charge in [0.1, 0.15) is 12.4 Å². The topological polar surface area (TPSA) is 131 Å². The highest BCUT2D eigenvalue weighted by Gasteiger charge is 2.32. The highest BCUT2D eigenvalue weighted by molar-refractivity contribution is 7.92. The molecule has 1 aliphatic heterocycles. The molecular formula is C35H43N7O4S. The molecule has 0 aliphatic carbocycles. The van der Waals surface area contributed by atoms with Crippen molar-refractivity contribution in [2.24, 2.45) is 5.41 Å². The largest absolute Gasteiger partial charge is 0.475 e. The number of benzene rings is 2. The molecule has 3 heterocycles. The summed E-state index contributed by atoms with van der Waals surface area (Å²) in [4.78, 5) is 36.4. The smallest absolute Gasteiger partial charge is 0.264 e. The summed E-state index contributed by atoms with van der Waals surface area (Å²) in [6.45, 7) is 13.4. The maximum Gasteiger partial charge on any atom is 0.264 e. The molecule has 1 N–H and O–H groups in total. The number of carbonyl (C=O) groups is 1. The van der Waals surface area contributed by atoms with Crippen molar-refractivity contribution < 1.29 is 17.9 Å². The maximum atomic E-state index is 14.4. The number of amides is 1. The molecule has 47 heavy (non-hydrogen) atoms. The van der Waals surface area contributed by atoms with Gasteiger partial charge in [-0.25, -0.2) is 23.1 Å². The number of hydrogen-bond donors (Lipinski definition) is 1. The van der Waals surface area contributed by atoms with Crippen molar-refractivity contribution in [3.05, 3.63) is 83.3 Å². The van der Waals surface area contributed by atoms with Gasteiger partial charge in [0.25, 0.3) is 15.9 Å². The van der Waals surface area contributed by atoms with Gasteiger partial charge in [-0.1, -0.05) is 52.0 Å². The lowest BCUT2D eigenvalue weighted by atomic mass is 9.87. The van der Waals surface area contributed by atoms with Gasteiger partial charge in [0.2, 0.25) is 11.8 Å². The van der Waals surface area contributed by atoms with E-state index in [0.717, 1.165) is 29.7 Å². The number of ether oxygens (including phenoxy) is 1. The molecule has 0 radical (unpaired) electrons. The predicted molar refractivity (Wildman–Crippen MR) is 183 cm³/mol. The molecule has 0 unspecified atom stereocenters. The van der Waals surface area contributed by atoms with Crippen molar-refractivity contribution in [2.45, 2.75) is 71.9 Å². The molecule has 4 aromatic rings. The van der Waals surface area contributed by atoms with Gasteiger partial charge in [-0.15, -0.1) is 0 Å². The zero-order valence-electron chi connectivity index (χ0n) is 28.1. The molecule has 1 amide bonds. The number of nitrogens with zero attached hydrogens (tertiary/aromatic N) is 6. The number of anilines is 2. The van der Waals surface area contributed by atoms with Gasteiger partial charge in [-0.05, 0) is 61.4 Å². The monoisotopic (exact) mass is 657 g/mol. The van der Waals surface area contributed by atoms with E-state index in [9.17, 15) is 13.2 Å². The Morgan fingerprint density at radius 3 is 2.45 bits per heavy atom. The summed E-state index contributed by atoms with van der Waals surface area (Å²) in [7, 11) is -2.21. The zero-order chi connectivity index (χ0) is 33.9. The summed E-state index contributed by atoms with van der Waals surface area (Å²) < 4.78 is 36.2. The van der Waals surface area contributed by atoms with Gasteiger partial charge in [0.15, 0.2) is 0 Å². The van der Waals surface area contributed by atoms with Crippen LogP contribution in [0, 0.1) is 19.3 Å². The number of aromatic nitrogens is 4. The minimum Gasteiger partial charge on any atom is -0.475 e. The lowest BCUT2D eigenvalue weighted by Crippen LogP contribution is -2.45. The fourth-order valence-corrected chi connectivity index (χ4v) is 6.82. The van der Waals surface area contributed by atoms with Gasteiger partial charge >= 0.3 is 0 Å². The Morgan fingerprint density at radius 1 is 1.02 bits per heavy atom. The van der Waals surface area contributed by atoms with Crippen LogP contribution < -0.4 is 14.4 Å². The van der Waals surface area contributed by atoms with Gasteiger partial charge in [0.05, 0.1) is 41.3 Å². The van der Waals surface area contributed by atoms with Crippen molar-refractivity contribution >= 4 is 27.7 Å². The van der Waals surface area contributed by atoms with Crippen molar-refractivity contribution in [3.8, 4) is 17.1 Å². The summed E-state index contributed by atoms with van der Waals surface area (Å²) >= 11 is 0. The van der Waals surface area contributed by atoms with Crippen LogP contribution in [0.4, 0.5) is 11.8 Å². The number of fused-ring (bicyclic) bond motifs is 4. The SMILES string of the molecule is CCCN(C)c1cncc(CN2C(=O)c3cccc(c3)S(=O)(=O)Nc3nc(cc(-c4c(C)cccc4C)n3)OC[C@H]2CC(C)(C)C)n1. The molecule has 1 aliphatic rings. The van der Waals surface area contributed by atoms with Crippen LogP contribution in [0.15, 0.2) is 65.8 Å².